The molecule has 0 saturated heterocycles. The lowest BCUT2D eigenvalue weighted by molar-refractivity contribution is 0.0922. The van der Waals surface area contributed by atoms with Crippen molar-refractivity contribution < 1.29 is 18.3 Å². The molecule has 7 heteroatoms. The van der Waals surface area contributed by atoms with Crippen LogP contribution < -0.4 is 10.0 Å². The molecule has 0 aliphatic rings. The number of hydrogen-bond donors (Lipinski definition) is 3. The SMILES string of the molecule is CC(C)NS(=O)(=O)c1ccc(C(=O)NC(C)CO)cc1. The Balaban J connectivity index is 2.86. The molecule has 112 valence electrons. The minimum absolute atomic E-state index is 0.109. The summed E-state index contributed by atoms with van der Waals surface area (Å²) in [4.78, 5) is 11.9. The number of amides is 1. The molecule has 3 N–H and O–H groups in total. The second-order valence-electron chi connectivity index (χ2n) is 4.86. The number of carbonyl (C=O) groups is 1. The number of nitrogens with one attached hydrogen (secondary N) is 2. The maximum Gasteiger partial charge on any atom is 0.251 e. The van der Waals surface area contributed by atoms with Crippen molar-refractivity contribution >= 4 is 15.9 Å². The predicted molar refractivity (Wildman–Crippen MR) is 75.9 cm³/mol. The van der Waals surface area contributed by atoms with Gasteiger partial charge in [0.15, 0.2) is 0 Å². The van der Waals surface area contributed by atoms with Crippen LogP contribution in [0.4, 0.5) is 0 Å². The van der Waals surface area contributed by atoms with Crippen LogP contribution in [-0.4, -0.2) is 38.1 Å². The normalized spacial score (nSPS) is 13.2. The zero-order valence-electron chi connectivity index (χ0n) is 11.8. The molecule has 0 saturated carbocycles. The van der Waals surface area contributed by atoms with Crippen molar-refractivity contribution in [2.24, 2.45) is 0 Å². The Bertz CT molecular complexity index is 552. The van der Waals surface area contributed by atoms with Crippen LogP contribution in [0, 0.1) is 0 Å². The number of rotatable bonds is 6. The molecule has 0 fully saturated rings. The molecule has 0 aliphatic carbocycles. The average Bonchev–Trinajstić information content (AvgIpc) is 2.37. The molecule has 1 aromatic carbocycles. The summed E-state index contributed by atoms with van der Waals surface area (Å²) in [5, 5.41) is 11.4. The van der Waals surface area contributed by atoms with Gasteiger partial charge in [-0.05, 0) is 45.0 Å². The van der Waals surface area contributed by atoms with Gasteiger partial charge in [-0.2, -0.15) is 0 Å². The monoisotopic (exact) mass is 300 g/mol. The quantitative estimate of drug-likeness (QED) is 0.712. The third-order valence-corrected chi connectivity index (χ3v) is 4.14. The molecule has 0 radical (unpaired) electrons. The van der Waals surface area contributed by atoms with Gasteiger partial charge in [0.05, 0.1) is 11.5 Å². The van der Waals surface area contributed by atoms with Crippen molar-refractivity contribution in [3.63, 3.8) is 0 Å². The second kappa shape index (κ2) is 6.83. The average molecular weight is 300 g/mol. The van der Waals surface area contributed by atoms with E-state index < -0.39 is 10.0 Å². The Hall–Kier alpha value is -1.44. The van der Waals surface area contributed by atoms with E-state index in [1.54, 1.807) is 20.8 Å². The lowest BCUT2D eigenvalue weighted by Gasteiger charge is -2.12. The van der Waals surface area contributed by atoms with Gasteiger partial charge in [-0.15, -0.1) is 0 Å². The van der Waals surface area contributed by atoms with Crippen molar-refractivity contribution in [3.8, 4) is 0 Å². The van der Waals surface area contributed by atoms with Gasteiger partial charge < -0.3 is 10.4 Å². The first-order chi connectivity index (χ1) is 9.26. The highest BCUT2D eigenvalue weighted by molar-refractivity contribution is 7.89. The van der Waals surface area contributed by atoms with E-state index in [-0.39, 0.29) is 29.5 Å². The second-order valence-corrected chi connectivity index (χ2v) is 6.57. The molecule has 1 rings (SSSR count). The molecular formula is C13H20N2O4S. The van der Waals surface area contributed by atoms with Gasteiger partial charge in [-0.1, -0.05) is 0 Å². The molecule has 1 amide bonds. The standard InChI is InChI=1S/C13H20N2O4S/c1-9(2)15-20(18,19)12-6-4-11(5-7-12)13(17)14-10(3)8-16/h4-7,9-10,15-16H,8H2,1-3H3,(H,14,17). The van der Waals surface area contributed by atoms with E-state index in [0.717, 1.165) is 0 Å². The highest BCUT2D eigenvalue weighted by Gasteiger charge is 2.16. The van der Waals surface area contributed by atoms with Crippen molar-refractivity contribution in [2.75, 3.05) is 6.61 Å². The minimum atomic E-state index is -3.55. The smallest absolute Gasteiger partial charge is 0.251 e. The number of carbonyl (C=O) groups excluding carboxylic acids is 1. The van der Waals surface area contributed by atoms with E-state index in [1.807, 2.05) is 0 Å². The fraction of sp³-hybridized carbons (Fsp3) is 0.462. The topological polar surface area (TPSA) is 95.5 Å². The molecule has 0 heterocycles. The van der Waals surface area contributed by atoms with Crippen LogP contribution in [0.25, 0.3) is 0 Å². The Morgan fingerprint density at radius 1 is 1.20 bits per heavy atom. The zero-order chi connectivity index (χ0) is 15.3. The van der Waals surface area contributed by atoms with Crippen LogP contribution in [0.2, 0.25) is 0 Å². The highest BCUT2D eigenvalue weighted by Crippen LogP contribution is 2.11. The van der Waals surface area contributed by atoms with Crippen molar-refractivity contribution in [3.05, 3.63) is 29.8 Å². The van der Waals surface area contributed by atoms with Crippen molar-refractivity contribution in [2.45, 2.75) is 37.8 Å². The minimum Gasteiger partial charge on any atom is -0.394 e. The third-order valence-electron chi connectivity index (χ3n) is 2.47. The summed E-state index contributed by atoms with van der Waals surface area (Å²) in [5.74, 6) is -0.354. The molecule has 0 spiro atoms. The molecular weight excluding hydrogens is 280 g/mol. The Labute approximate surface area is 119 Å². The van der Waals surface area contributed by atoms with Crippen molar-refractivity contribution in [1.29, 1.82) is 0 Å². The number of benzene rings is 1. The van der Waals surface area contributed by atoms with Gasteiger partial charge in [0.2, 0.25) is 10.0 Å². The molecule has 20 heavy (non-hydrogen) atoms. The zero-order valence-corrected chi connectivity index (χ0v) is 12.6. The largest absolute Gasteiger partial charge is 0.394 e. The van der Waals surface area contributed by atoms with E-state index in [4.69, 9.17) is 5.11 Å². The van der Waals surface area contributed by atoms with Gasteiger partial charge in [0.1, 0.15) is 0 Å². The van der Waals surface area contributed by atoms with Crippen LogP contribution in [0.1, 0.15) is 31.1 Å². The van der Waals surface area contributed by atoms with E-state index in [9.17, 15) is 13.2 Å². The molecule has 0 bridgehead atoms. The Morgan fingerprint density at radius 3 is 2.20 bits per heavy atom. The molecule has 0 aliphatic heterocycles. The maximum absolute atomic E-state index is 11.9. The van der Waals surface area contributed by atoms with Gasteiger partial charge in [-0.25, -0.2) is 13.1 Å². The molecule has 1 unspecified atom stereocenters. The molecule has 0 aromatic heterocycles. The lowest BCUT2D eigenvalue weighted by atomic mass is 10.2. The van der Waals surface area contributed by atoms with Crippen LogP contribution in [0.5, 0.6) is 0 Å². The first kappa shape index (κ1) is 16.6. The van der Waals surface area contributed by atoms with E-state index in [1.165, 1.54) is 24.3 Å². The van der Waals surface area contributed by atoms with E-state index in [2.05, 4.69) is 10.0 Å². The fourth-order valence-corrected chi connectivity index (χ4v) is 2.77. The number of aliphatic hydroxyl groups excluding tert-OH is 1. The van der Waals surface area contributed by atoms with Crippen molar-refractivity contribution in [1.82, 2.24) is 10.0 Å². The van der Waals surface area contributed by atoms with Gasteiger partial charge in [-0.3, -0.25) is 4.79 Å². The molecule has 1 atom stereocenters. The van der Waals surface area contributed by atoms with Crippen LogP contribution in [-0.2, 0) is 10.0 Å². The molecule has 6 nitrogen and oxygen atoms in total. The van der Waals surface area contributed by atoms with Gasteiger partial charge in [0.25, 0.3) is 5.91 Å². The fourth-order valence-electron chi connectivity index (χ4n) is 1.52. The van der Waals surface area contributed by atoms with Gasteiger partial charge >= 0.3 is 0 Å². The Morgan fingerprint density at radius 2 is 1.75 bits per heavy atom. The summed E-state index contributed by atoms with van der Waals surface area (Å²) >= 11 is 0. The first-order valence-electron chi connectivity index (χ1n) is 6.30. The summed E-state index contributed by atoms with van der Waals surface area (Å²) in [7, 11) is -3.55. The summed E-state index contributed by atoms with van der Waals surface area (Å²) < 4.78 is 26.3. The maximum atomic E-state index is 11.9. The van der Waals surface area contributed by atoms with E-state index in [0.29, 0.717) is 5.56 Å². The highest BCUT2D eigenvalue weighted by atomic mass is 32.2. The first-order valence-corrected chi connectivity index (χ1v) is 7.78. The summed E-state index contributed by atoms with van der Waals surface area (Å²) in [5.41, 5.74) is 0.341. The summed E-state index contributed by atoms with van der Waals surface area (Å²) in [6.07, 6.45) is 0. The predicted octanol–water partition coefficient (Wildman–Crippen LogP) is 0.484. The molecule has 1 aromatic rings. The third kappa shape index (κ3) is 4.59. The van der Waals surface area contributed by atoms with Gasteiger partial charge in [0, 0.05) is 17.6 Å². The summed E-state index contributed by atoms with van der Waals surface area (Å²) in [6, 6.07) is 5.08. The Kier molecular flexibility index (Phi) is 5.67. The van der Waals surface area contributed by atoms with Crippen LogP contribution >= 0.6 is 0 Å². The van der Waals surface area contributed by atoms with E-state index >= 15 is 0 Å². The number of aliphatic hydroxyl groups is 1. The lowest BCUT2D eigenvalue weighted by Crippen LogP contribution is -2.35. The van der Waals surface area contributed by atoms with Crippen LogP contribution in [0.15, 0.2) is 29.2 Å². The summed E-state index contributed by atoms with van der Waals surface area (Å²) in [6.45, 7) is 4.98. The van der Waals surface area contributed by atoms with Crippen LogP contribution in [0.3, 0.4) is 0 Å². The number of hydrogen-bond acceptors (Lipinski definition) is 4. The number of sulfonamides is 1.